The van der Waals surface area contributed by atoms with Gasteiger partial charge in [-0.2, -0.15) is 0 Å². The Kier molecular flexibility index (Phi) is 16.1. The van der Waals surface area contributed by atoms with E-state index >= 15 is 0 Å². The number of hydrogen-bond donors (Lipinski definition) is 2. The number of unbranched alkanes of at least 4 members (excludes halogenated alkanes) is 5. The number of piperazine rings is 1. The molecule has 1 heterocycles. The molecule has 25 heavy (non-hydrogen) atoms. The maximum atomic E-state index is 5.97. The summed E-state index contributed by atoms with van der Waals surface area (Å²) in [5, 5.41) is 3.25. The highest BCUT2D eigenvalue weighted by molar-refractivity contribution is 14.0. The molecule has 1 unspecified atom stereocenters. The van der Waals surface area contributed by atoms with E-state index in [-0.39, 0.29) is 24.0 Å². The zero-order valence-corrected chi connectivity index (χ0v) is 19.1. The lowest BCUT2D eigenvalue weighted by Gasteiger charge is -2.35. The number of nitrogens with zero attached hydrogens (tertiary/aromatic N) is 3. The number of hydrogen-bond acceptors (Lipinski definition) is 3. The lowest BCUT2D eigenvalue weighted by molar-refractivity contribution is 0.125. The van der Waals surface area contributed by atoms with Crippen molar-refractivity contribution < 1.29 is 0 Å². The molecule has 0 aliphatic carbocycles. The summed E-state index contributed by atoms with van der Waals surface area (Å²) in [6.45, 7) is 15.6. The molecule has 0 saturated carbocycles. The SMILES string of the molecule is CCCCCCCCNC(N)=NCC(C)CN1CCN(CC)CC1.I. The molecule has 0 aromatic rings. The standard InChI is InChI=1S/C19H41N5.HI/c1-4-6-7-8-9-10-11-21-19(20)22-16-18(3)17-24-14-12-23(5-2)13-15-24;/h18H,4-17H2,1-3H3,(H3,20,21,22);1H. The molecule has 0 aromatic heterocycles. The van der Waals surface area contributed by atoms with Gasteiger partial charge in [0.15, 0.2) is 5.96 Å². The maximum absolute atomic E-state index is 5.97. The number of likely N-dealkylation sites (N-methyl/N-ethyl adjacent to an activating group) is 1. The zero-order chi connectivity index (χ0) is 17.6. The Labute approximate surface area is 173 Å². The van der Waals surface area contributed by atoms with E-state index in [1.54, 1.807) is 0 Å². The van der Waals surface area contributed by atoms with Crippen LogP contribution >= 0.6 is 24.0 Å². The van der Waals surface area contributed by atoms with Crippen LogP contribution in [0.5, 0.6) is 0 Å². The van der Waals surface area contributed by atoms with Crippen molar-refractivity contribution in [2.24, 2.45) is 16.6 Å². The third-order valence-corrected chi connectivity index (χ3v) is 4.89. The summed E-state index contributed by atoms with van der Waals surface area (Å²) in [4.78, 5) is 9.59. The highest BCUT2D eigenvalue weighted by Crippen LogP contribution is 2.06. The summed E-state index contributed by atoms with van der Waals surface area (Å²) < 4.78 is 0. The van der Waals surface area contributed by atoms with Crippen molar-refractivity contribution in [2.75, 3.05) is 52.4 Å². The van der Waals surface area contributed by atoms with Crippen molar-refractivity contribution >= 4 is 29.9 Å². The van der Waals surface area contributed by atoms with Crippen molar-refractivity contribution in [1.29, 1.82) is 0 Å². The molecule has 0 spiro atoms. The van der Waals surface area contributed by atoms with Gasteiger partial charge in [-0.05, 0) is 18.9 Å². The average Bonchev–Trinajstić information content (AvgIpc) is 2.60. The highest BCUT2D eigenvalue weighted by atomic mass is 127. The summed E-state index contributed by atoms with van der Waals surface area (Å²) in [5.74, 6) is 1.18. The average molecular weight is 467 g/mol. The Morgan fingerprint density at radius 1 is 1.00 bits per heavy atom. The van der Waals surface area contributed by atoms with Crippen LogP contribution in [-0.2, 0) is 0 Å². The normalized spacial score (nSPS) is 18.0. The van der Waals surface area contributed by atoms with Gasteiger partial charge >= 0.3 is 0 Å². The minimum Gasteiger partial charge on any atom is -0.370 e. The first-order chi connectivity index (χ1) is 11.7. The molecule has 0 radical (unpaired) electrons. The summed E-state index contributed by atoms with van der Waals surface area (Å²) in [7, 11) is 0. The molecule has 1 saturated heterocycles. The van der Waals surface area contributed by atoms with Crippen molar-refractivity contribution in [1.82, 2.24) is 15.1 Å². The van der Waals surface area contributed by atoms with Gasteiger partial charge < -0.3 is 20.9 Å². The summed E-state index contributed by atoms with van der Waals surface area (Å²) in [6, 6.07) is 0. The molecule has 1 atom stereocenters. The van der Waals surface area contributed by atoms with Gasteiger partial charge in [-0.1, -0.05) is 52.9 Å². The van der Waals surface area contributed by atoms with Gasteiger partial charge in [-0.25, -0.2) is 0 Å². The van der Waals surface area contributed by atoms with Crippen molar-refractivity contribution in [3.63, 3.8) is 0 Å². The molecular weight excluding hydrogens is 425 g/mol. The fourth-order valence-electron chi connectivity index (χ4n) is 3.22. The van der Waals surface area contributed by atoms with Gasteiger partial charge in [0.1, 0.15) is 0 Å². The Bertz CT molecular complexity index is 330. The molecule has 0 amide bonds. The molecule has 5 nitrogen and oxygen atoms in total. The molecule has 0 aromatic carbocycles. The monoisotopic (exact) mass is 467 g/mol. The Morgan fingerprint density at radius 2 is 1.60 bits per heavy atom. The Hall–Kier alpha value is -0.0800. The number of rotatable bonds is 12. The van der Waals surface area contributed by atoms with Crippen molar-refractivity contribution in [2.45, 2.75) is 59.3 Å². The quantitative estimate of drug-likeness (QED) is 0.200. The van der Waals surface area contributed by atoms with Crippen molar-refractivity contribution in [3.05, 3.63) is 0 Å². The summed E-state index contributed by atoms with van der Waals surface area (Å²) in [5.41, 5.74) is 5.97. The predicted molar refractivity (Wildman–Crippen MR) is 121 cm³/mol. The van der Waals surface area contributed by atoms with E-state index in [2.05, 4.69) is 40.9 Å². The summed E-state index contributed by atoms with van der Waals surface area (Å²) >= 11 is 0. The van der Waals surface area contributed by atoms with E-state index in [9.17, 15) is 0 Å². The topological polar surface area (TPSA) is 56.9 Å². The van der Waals surface area contributed by atoms with Crippen LogP contribution < -0.4 is 11.1 Å². The van der Waals surface area contributed by atoms with E-state index in [1.165, 1.54) is 71.2 Å². The first kappa shape index (κ1) is 24.9. The lowest BCUT2D eigenvalue weighted by Crippen LogP contribution is -2.47. The van der Waals surface area contributed by atoms with Crippen LogP contribution in [0.25, 0.3) is 0 Å². The predicted octanol–water partition coefficient (Wildman–Crippen LogP) is 3.14. The van der Waals surface area contributed by atoms with Crippen LogP contribution in [0.3, 0.4) is 0 Å². The van der Waals surface area contributed by atoms with E-state index in [1.807, 2.05) is 0 Å². The molecular formula is C19H42IN5. The van der Waals surface area contributed by atoms with Crippen molar-refractivity contribution in [3.8, 4) is 0 Å². The second-order valence-corrected chi connectivity index (χ2v) is 7.26. The van der Waals surface area contributed by atoms with E-state index in [0.29, 0.717) is 11.9 Å². The number of halogens is 1. The van der Waals surface area contributed by atoms with Gasteiger partial charge in [0, 0.05) is 45.8 Å². The molecule has 0 bridgehead atoms. The minimum atomic E-state index is 0. The molecule has 1 aliphatic heterocycles. The number of guanidine groups is 1. The van der Waals surface area contributed by atoms with Crippen LogP contribution in [-0.4, -0.2) is 68.1 Å². The van der Waals surface area contributed by atoms with Gasteiger partial charge in [0.05, 0.1) is 0 Å². The largest absolute Gasteiger partial charge is 0.370 e. The first-order valence-electron chi connectivity index (χ1n) is 10.1. The zero-order valence-electron chi connectivity index (χ0n) is 16.8. The van der Waals surface area contributed by atoms with Gasteiger partial charge in [-0.15, -0.1) is 24.0 Å². The molecule has 1 aliphatic rings. The van der Waals surface area contributed by atoms with Crippen LogP contribution in [0.1, 0.15) is 59.3 Å². The second kappa shape index (κ2) is 16.1. The number of nitrogens with two attached hydrogens (primary N) is 1. The highest BCUT2D eigenvalue weighted by Gasteiger charge is 2.17. The van der Waals surface area contributed by atoms with Gasteiger partial charge in [0.2, 0.25) is 0 Å². The second-order valence-electron chi connectivity index (χ2n) is 7.26. The fraction of sp³-hybridized carbons (Fsp3) is 0.947. The Balaban J connectivity index is 0.00000576. The molecule has 150 valence electrons. The fourth-order valence-corrected chi connectivity index (χ4v) is 3.22. The molecule has 1 fully saturated rings. The van der Waals surface area contributed by atoms with Gasteiger partial charge in [-0.3, -0.25) is 4.99 Å². The van der Waals surface area contributed by atoms with E-state index < -0.39 is 0 Å². The molecule has 3 N–H and O–H groups in total. The number of aliphatic imine (C=N–C) groups is 1. The van der Waals surface area contributed by atoms with Gasteiger partial charge in [0.25, 0.3) is 0 Å². The number of nitrogens with one attached hydrogen (secondary N) is 1. The minimum absolute atomic E-state index is 0. The summed E-state index contributed by atoms with van der Waals surface area (Å²) in [6.07, 6.45) is 7.86. The third-order valence-electron chi connectivity index (χ3n) is 4.89. The first-order valence-corrected chi connectivity index (χ1v) is 10.1. The van der Waals surface area contributed by atoms with Crippen LogP contribution in [0, 0.1) is 5.92 Å². The van der Waals surface area contributed by atoms with Crippen LogP contribution in [0.2, 0.25) is 0 Å². The smallest absolute Gasteiger partial charge is 0.188 e. The lowest BCUT2D eigenvalue weighted by atomic mass is 10.1. The maximum Gasteiger partial charge on any atom is 0.188 e. The third kappa shape index (κ3) is 12.8. The Morgan fingerprint density at radius 3 is 2.24 bits per heavy atom. The van der Waals surface area contributed by atoms with Crippen LogP contribution in [0.15, 0.2) is 4.99 Å². The molecule has 6 heteroatoms. The molecule has 1 rings (SSSR count). The van der Waals surface area contributed by atoms with E-state index in [4.69, 9.17) is 5.73 Å². The van der Waals surface area contributed by atoms with E-state index in [0.717, 1.165) is 19.6 Å². The van der Waals surface area contributed by atoms with Crippen LogP contribution in [0.4, 0.5) is 0 Å².